The molecule has 0 radical (unpaired) electrons. The van der Waals surface area contributed by atoms with Gasteiger partial charge in [-0.05, 0) is 31.3 Å². The van der Waals surface area contributed by atoms with Gasteiger partial charge >= 0.3 is 0 Å². The zero-order valence-electron chi connectivity index (χ0n) is 16.4. The van der Waals surface area contributed by atoms with E-state index in [0.717, 1.165) is 19.3 Å². The van der Waals surface area contributed by atoms with Crippen molar-refractivity contribution < 1.29 is 5.11 Å². The molecule has 1 nitrogen and oxygen atoms in total. The van der Waals surface area contributed by atoms with Gasteiger partial charge in [0.1, 0.15) is 0 Å². The van der Waals surface area contributed by atoms with Crippen molar-refractivity contribution in [3.8, 4) is 0 Å². The van der Waals surface area contributed by atoms with Crippen LogP contribution in [0, 0.1) is 0 Å². The zero-order valence-corrected chi connectivity index (χ0v) is 17.4. The molecule has 0 heterocycles. The monoisotopic (exact) mass is 338 g/mol. The number of aliphatic hydroxyl groups is 1. The summed E-state index contributed by atoms with van der Waals surface area (Å²) in [4.78, 5) is 0. The maximum atomic E-state index is 11.1. The molecule has 0 saturated heterocycles. The zero-order chi connectivity index (χ0) is 17.2. The largest absolute Gasteiger partial charge is 0.386 e. The quantitative estimate of drug-likeness (QED) is 0.317. The molecule has 0 amide bonds. The Kier molecular flexibility index (Phi) is 9.76. The van der Waals surface area contributed by atoms with Crippen LogP contribution >= 0.6 is 0 Å². The van der Waals surface area contributed by atoms with Gasteiger partial charge in [0, 0.05) is 0 Å². The highest BCUT2D eigenvalue weighted by atomic mass is 28.3. The van der Waals surface area contributed by atoms with Crippen molar-refractivity contribution in [2.75, 3.05) is 0 Å². The Balaban J connectivity index is 2.41. The van der Waals surface area contributed by atoms with Crippen LogP contribution in [0.15, 0.2) is 11.3 Å². The Morgan fingerprint density at radius 2 is 1.39 bits per heavy atom. The second kappa shape index (κ2) is 10.7. The van der Waals surface area contributed by atoms with Gasteiger partial charge in [-0.1, -0.05) is 96.5 Å². The maximum Gasteiger partial charge on any atom is 0.0853 e. The number of rotatable bonds is 11. The Labute approximate surface area is 147 Å². The van der Waals surface area contributed by atoms with E-state index in [1.165, 1.54) is 76.2 Å². The lowest BCUT2D eigenvalue weighted by molar-refractivity contribution is 0.0362. The Morgan fingerprint density at radius 1 is 0.870 bits per heavy atom. The minimum absolute atomic E-state index is 0.459. The van der Waals surface area contributed by atoms with E-state index in [1.54, 1.807) is 0 Å². The first-order chi connectivity index (χ1) is 10.9. The highest BCUT2D eigenvalue weighted by molar-refractivity contribution is 6.81. The second-order valence-corrected chi connectivity index (χ2v) is 13.9. The average Bonchev–Trinajstić information content (AvgIpc) is 2.48. The van der Waals surface area contributed by atoms with Crippen molar-refractivity contribution >= 4 is 8.07 Å². The third kappa shape index (κ3) is 9.10. The fourth-order valence-electron chi connectivity index (χ4n) is 3.87. The van der Waals surface area contributed by atoms with E-state index < -0.39 is 13.7 Å². The molecule has 0 aromatic heterocycles. The van der Waals surface area contributed by atoms with E-state index in [1.807, 2.05) is 0 Å². The molecule has 0 aliphatic heterocycles. The molecule has 0 aromatic rings. The molecule has 1 aliphatic rings. The third-order valence-electron chi connectivity index (χ3n) is 5.19. The van der Waals surface area contributed by atoms with E-state index in [0.29, 0.717) is 0 Å². The SMILES string of the molecule is CCCCCCCCCC/C(=C\[Si](C)(C)C)C1(O)CCCCC1. The Hall–Kier alpha value is -0.0831. The molecule has 0 aromatic carbocycles. The van der Waals surface area contributed by atoms with Gasteiger partial charge in [0.25, 0.3) is 0 Å². The van der Waals surface area contributed by atoms with Crippen LogP contribution in [0.2, 0.25) is 19.6 Å². The molecule has 0 bridgehead atoms. The molecular weight excluding hydrogens is 296 g/mol. The summed E-state index contributed by atoms with van der Waals surface area (Å²) in [6, 6.07) is 0. The van der Waals surface area contributed by atoms with Gasteiger partial charge in [0.05, 0.1) is 13.7 Å². The van der Waals surface area contributed by atoms with Crippen molar-refractivity contribution in [3.63, 3.8) is 0 Å². The summed E-state index contributed by atoms with van der Waals surface area (Å²) in [6.45, 7) is 9.47. The first-order valence-electron chi connectivity index (χ1n) is 10.3. The van der Waals surface area contributed by atoms with Crippen LogP contribution in [-0.2, 0) is 0 Å². The molecule has 136 valence electrons. The lowest BCUT2D eigenvalue weighted by Crippen LogP contribution is -2.35. The predicted molar refractivity (Wildman–Crippen MR) is 107 cm³/mol. The molecule has 2 heteroatoms. The van der Waals surface area contributed by atoms with Crippen LogP contribution in [-0.4, -0.2) is 18.8 Å². The highest BCUT2D eigenvalue weighted by Crippen LogP contribution is 2.37. The normalized spacial score (nSPS) is 19.1. The second-order valence-electron chi connectivity index (χ2n) is 8.85. The Morgan fingerprint density at radius 3 is 1.91 bits per heavy atom. The summed E-state index contributed by atoms with van der Waals surface area (Å²) in [6.07, 6.45) is 17.8. The minimum atomic E-state index is -1.26. The summed E-state index contributed by atoms with van der Waals surface area (Å²) >= 11 is 0. The van der Waals surface area contributed by atoms with E-state index in [2.05, 4.69) is 32.3 Å². The maximum absolute atomic E-state index is 11.1. The topological polar surface area (TPSA) is 20.2 Å². The third-order valence-corrected chi connectivity index (χ3v) is 6.40. The molecule has 1 fully saturated rings. The van der Waals surface area contributed by atoms with Crippen LogP contribution in [0.3, 0.4) is 0 Å². The van der Waals surface area contributed by atoms with Crippen molar-refractivity contribution in [1.29, 1.82) is 0 Å². The predicted octanol–water partition coefficient (Wildman–Crippen LogP) is 7.02. The minimum Gasteiger partial charge on any atom is -0.386 e. The fraction of sp³-hybridized carbons (Fsp3) is 0.905. The summed E-state index contributed by atoms with van der Waals surface area (Å²) < 4.78 is 0. The van der Waals surface area contributed by atoms with Gasteiger partial charge in [-0.15, -0.1) is 0 Å². The average molecular weight is 339 g/mol. The van der Waals surface area contributed by atoms with Crippen LogP contribution in [0.5, 0.6) is 0 Å². The number of hydrogen-bond acceptors (Lipinski definition) is 1. The molecule has 1 rings (SSSR count). The standard InChI is InChI=1S/C21H42OSi/c1-5-6-7-8-9-10-11-13-16-20(19-23(2,3)4)21(22)17-14-12-15-18-21/h19,22H,5-18H2,1-4H3/b20-19+. The van der Waals surface area contributed by atoms with E-state index >= 15 is 0 Å². The van der Waals surface area contributed by atoms with E-state index in [4.69, 9.17) is 0 Å². The molecule has 23 heavy (non-hydrogen) atoms. The van der Waals surface area contributed by atoms with Crippen LogP contribution in [0.4, 0.5) is 0 Å². The van der Waals surface area contributed by atoms with Crippen LogP contribution < -0.4 is 0 Å². The van der Waals surface area contributed by atoms with Gasteiger partial charge in [-0.2, -0.15) is 0 Å². The van der Waals surface area contributed by atoms with E-state index in [-0.39, 0.29) is 0 Å². The van der Waals surface area contributed by atoms with Crippen molar-refractivity contribution in [2.45, 2.75) is 122 Å². The van der Waals surface area contributed by atoms with Gasteiger partial charge in [-0.3, -0.25) is 0 Å². The van der Waals surface area contributed by atoms with Crippen LogP contribution in [0.25, 0.3) is 0 Å². The summed E-state index contributed by atoms with van der Waals surface area (Å²) in [5, 5.41) is 11.1. The molecule has 1 N–H and O–H groups in total. The molecule has 1 aliphatic carbocycles. The van der Waals surface area contributed by atoms with Crippen molar-refractivity contribution in [3.05, 3.63) is 11.3 Å². The summed E-state index contributed by atoms with van der Waals surface area (Å²) in [7, 11) is -1.26. The smallest absolute Gasteiger partial charge is 0.0853 e. The van der Waals surface area contributed by atoms with Gasteiger partial charge in [0.15, 0.2) is 0 Å². The molecule has 0 unspecified atom stereocenters. The lowest BCUT2D eigenvalue weighted by Gasteiger charge is -2.36. The summed E-state index contributed by atoms with van der Waals surface area (Å²) in [5.41, 5.74) is 3.46. The Bertz CT molecular complexity index is 334. The lowest BCUT2D eigenvalue weighted by atomic mass is 9.78. The number of unbranched alkanes of at least 4 members (excludes halogenated alkanes) is 7. The van der Waals surface area contributed by atoms with Crippen molar-refractivity contribution in [2.24, 2.45) is 0 Å². The van der Waals surface area contributed by atoms with Gasteiger partial charge < -0.3 is 5.11 Å². The van der Waals surface area contributed by atoms with Crippen molar-refractivity contribution in [1.82, 2.24) is 0 Å². The summed E-state index contributed by atoms with van der Waals surface area (Å²) in [5.74, 6) is 0. The highest BCUT2D eigenvalue weighted by Gasteiger charge is 2.33. The van der Waals surface area contributed by atoms with Gasteiger partial charge in [0.2, 0.25) is 0 Å². The fourth-order valence-corrected chi connectivity index (χ4v) is 5.33. The molecular formula is C21H42OSi. The first-order valence-corrected chi connectivity index (χ1v) is 13.9. The van der Waals surface area contributed by atoms with E-state index in [9.17, 15) is 5.11 Å². The number of hydrogen-bond donors (Lipinski definition) is 1. The molecule has 0 atom stereocenters. The molecule has 0 spiro atoms. The molecule has 1 saturated carbocycles. The van der Waals surface area contributed by atoms with Crippen LogP contribution in [0.1, 0.15) is 96.8 Å². The van der Waals surface area contributed by atoms with Gasteiger partial charge in [-0.25, -0.2) is 0 Å². The first kappa shape index (κ1) is 21.0.